The van der Waals surface area contributed by atoms with E-state index < -0.39 is 0 Å². The van der Waals surface area contributed by atoms with Gasteiger partial charge in [0.25, 0.3) is 0 Å². The first-order valence-corrected chi connectivity index (χ1v) is 24.2. The predicted molar refractivity (Wildman–Crippen MR) is 285 cm³/mol. The molecule has 2 aromatic heterocycles. The van der Waals surface area contributed by atoms with Crippen LogP contribution in [0, 0.1) is 0 Å². The normalized spacial score (nSPS) is 14.2. The van der Waals surface area contributed by atoms with Crippen molar-refractivity contribution in [2.24, 2.45) is 0 Å². The van der Waals surface area contributed by atoms with Crippen LogP contribution in [0.1, 0.15) is 49.9 Å². The molecule has 12 aromatic rings. The lowest BCUT2D eigenvalue weighted by Gasteiger charge is -2.28. The summed E-state index contributed by atoms with van der Waals surface area (Å²) < 4.78 is 10.1. The van der Waals surface area contributed by atoms with E-state index in [9.17, 15) is 0 Å². The smallest absolute Gasteiger partial charge is 0.159 e. The van der Waals surface area contributed by atoms with E-state index in [1.165, 1.54) is 92.1 Å². The molecule has 2 heterocycles. The quantitative estimate of drug-likeness (QED) is 0.171. The third-order valence-corrected chi connectivity index (χ3v) is 16.5. The van der Waals surface area contributed by atoms with Gasteiger partial charge in [0, 0.05) is 58.7 Å². The second-order valence-electron chi connectivity index (χ2n) is 19.6. The Labute approximate surface area is 394 Å². The second kappa shape index (κ2) is 13.9. The van der Waals surface area contributed by atoms with E-state index in [0.717, 1.165) is 44.6 Å². The molecule has 318 valence electrons. The first-order valence-electron chi connectivity index (χ1n) is 23.4. The number of fused-ring (bicyclic) bond motifs is 13. The van der Waals surface area contributed by atoms with E-state index >= 15 is 0 Å². The molecular weight excluding hydrogens is 831 g/mol. The van der Waals surface area contributed by atoms with Gasteiger partial charge in [-0.3, -0.25) is 0 Å². The summed E-state index contributed by atoms with van der Waals surface area (Å²) in [5.74, 6) is 0. The number of thiophene rings is 1. The summed E-state index contributed by atoms with van der Waals surface area (Å²) >= 11 is 1.88. The SMILES string of the molecule is CC1(C)c2ccccc2-c2ccc(-c3c4ccccc4cc4c3oc3c(N(c5ccc(-c6cccc7c6sc6ccccc67)cc5)c5ccc6c(c5)C(C)(C)c5ccccc5-6)cccc34)cc21. The summed E-state index contributed by atoms with van der Waals surface area (Å²) in [5, 5.41) is 7.22. The average Bonchev–Trinajstić information content (AvgIpc) is 4.06. The number of hydrogen-bond acceptors (Lipinski definition) is 3. The minimum atomic E-state index is -0.160. The molecule has 14 rings (SSSR count). The van der Waals surface area contributed by atoms with Gasteiger partial charge in [-0.1, -0.05) is 179 Å². The van der Waals surface area contributed by atoms with Gasteiger partial charge in [0.1, 0.15) is 5.58 Å². The Kier molecular flexibility index (Phi) is 8.00. The molecule has 0 atom stereocenters. The molecule has 0 unspecified atom stereocenters. The average molecular weight is 876 g/mol. The van der Waals surface area contributed by atoms with Crippen molar-refractivity contribution in [3.8, 4) is 44.5 Å². The summed E-state index contributed by atoms with van der Waals surface area (Å²) in [7, 11) is 0. The van der Waals surface area contributed by atoms with Crippen molar-refractivity contribution < 1.29 is 4.42 Å². The minimum absolute atomic E-state index is 0.126. The number of benzene rings is 10. The molecule has 0 aliphatic heterocycles. The lowest BCUT2D eigenvalue weighted by molar-refractivity contribution is 0.660. The molecule has 0 bridgehead atoms. The standard InChI is InChI=1S/C64H45NOS/c1-63(2)53-23-10-7-17-45(53)47-33-29-40(36-55(47)63)59-43-16-6-5-15-39(43)35-52-50-21-14-25-57(60(50)66-61(52)59)65(42-32-34-48-46-18-8-11-24-54(46)64(3,4)56(48)37-42)41-30-27-38(28-31-41)44-20-13-22-51-49-19-9-12-26-58(49)67-62(44)51/h5-37H,1-4H3. The molecular formula is C64H45NOS. The fourth-order valence-electron chi connectivity index (χ4n) is 11.9. The topological polar surface area (TPSA) is 16.4 Å². The maximum absolute atomic E-state index is 7.45. The number of hydrogen-bond donors (Lipinski definition) is 0. The Morgan fingerprint density at radius 2 is 0.955 bits per heavy atom. The molecule has 2 aliphatic rings. The predicted octanol–water partition coefficient (Wildman–Crippen LogP) is 18.5. The Morgan fingerprint density at radius 3 is 1.73 bits per heavy atom. The molecule has 0 amide bonds. The van der Waals surface area contributed by atoms with Gasteiger partial charge in [-0.15, -0.1) is 11.3 Å². The molecule has 10 aromatic carbocycles. The lowest BCUT2D eigenvalue weighted by atomic mass is 9.81. The summed E-state index contributed by atoms with van der Waals surface area (Å²) in [5.41, 5.74) is 20.1. The van der Waals surface area contributed by atoms with Crippen LogP contribution in [0.25, 0.3) is 97.4 Å². The van der Waals surface area contributed by atoms with Crippen molar-refractivity contribution in [1.29, 1.82) is 0 Å². The van der Waals surface area contributed by atoms with Gasteiger partial charge in [-0.2, -0.15) is 0 Å². The molecule has 67 heavy (non-hydrogen) atoms. The van der Waals surface area contributed by atoms with E-state index in [1.54, 1.807) is 0 Å². The van der Waals surface area contributed by atoms with Crippen molar-refractivity contribution in [3.63, 3.8) is 0 Å². The molecule has 0 saturated carbocycles. The van der Waals surface area contributed by atoms with E-state index in [4.69, 9.17) is 4.42 Å². The highest BCUT2D eigenvalue weighted by molar-refractivity contribution is 7.26. The summed E-state index contributed by atoms with van der Waals surface area (Å²) in [4.78, 5) is 2.42. The molecule has 0 N–H and O–H groups in total. The van der Waals surface area contributed by atoms with Crippen molar-refractivity contribution >= 4 is 81.3 Å². The van der Waals surface area contributed by atoms with Gasteiger partial charge < -0.3 is 9.32 Å². The summed E-state index contributed by atoms with van der Waals surface area (Å²) in [6.07, 6.45) is 0. The molecule has 2 aliphatic carbocycles. The Bertz CT molecular complexity index is 4050. The highest BCUT2D eigenvalue weighted by atomic mass is 32.1. The summed E-state index contributed by atoms with van der Waals surface area (Å²) in [6, 6.07) is 74.4. The van der Waals surface area contributed by atoms with Crippen LogP contribution in [0.2, 0.25) is 0 Å². The molecule has 3 heteroatoms. The minimum Gasteiger partial charge on any atom is -0.453 e. The number of anilines is 3. The number of nitrogens with zero attached hydrogens (tertiary/aromatic N) is 1. The first kappa shape index (κ1) is 38.5. The van der Waals surface area contributed by atoms with E-state index in [-0.39, 0.29) is 10.8 Å². The molecule has 0 spiro atoms. The van der Waals surface area contributed by atoms with Gasteiger partial charge in [0.05, 0.1) is 5.69 Å². The largest absolute Gasteiger partial charge is 0.453 e. The van der Waals surface area contributed by atoms with Gasteiger partial charge in [0.2, 0.25) is 0 Å². The zero-order valence-electron chi connectivity index (χ0n) is 37.8. The maximum Gasteiger partial charge on any atom is 0.159 e. The molecule has 2 nitrogen and oxygen atoms in total. The van der Waals surface area contributed by atoms with Crippen LogP contribution in [0.3, 0.4) is 0 Å². The van der Waals surface area contributed by atoms with Crippen LogP contribution < -0.4 is 4.90 Å². The molecule has 0 radical (unpaired) electrons. The van der Waals surface area contributed by atoms with Crippen LogP contribution in [-0.4, -0.2) is 0 Å². The van der Waals surface area contributed by atoms with Crippen LogP contribution >= 0.6 is 11.3 Å². The third-order valence-electron chi connectivity index (χ3n) is 15.3. The van der Waals surface area contributed by atoms with Gasteiger partial charge >= 0.3 is 0 Å². The fraction of sp³-hybridized carbons (Fsp3) is 0.0938. The van der Waals surface area contributed by atoms with Crippen LogP contribution in [-0.2, 0) is 10.8 Å². The number of rotatable bonds is 5. The lowest BCUT2D eigenvalue weighted by Crippen LogP contribution is -2.16. The number of para-hydroxylation sites is 1. The molecule has 0 fully saturated rings. The van der Waals surface area contributed by atoms with E-state index in [2.05, 4.69) is 233 Å². The van der Waals surface area contributed by atoms with Crippen LogP contribution in [0.4, 0.5) is 17.1 Å². The monoisotopic (exact) mass is 875 g/mol. The Hall–Kier alpha value is -7.72. The first-order chi connectivity index (χ1) is 32.7. The van der Waals surface area contributed by atoms with E-state index in [1.807, 2.05) is 11.3 Å². The fourth-order valence-corrected chi connectivity index (χ4v) is 13.2. The maximum atomic E-state index is 7.45. The van der Waals surface area contributed by atoms with Gasteiger partial charge in [-0.05, 0) is 121 Å². The van der Waals surface area contributed by atoms with Gasteiger partial charge in [0.15, 0.2) is 5.58 Å². The van der Waals surface area contributed by atoms with Gasteiger partial charge in [-0.25, -0.2) is 0 Å². The summed E-state index contributed by atoms with van der Waals surface area (Å²) in [6.45, 7) is 9.44. The Morgan fingerprint density at radius 1 is 0.388 bits per heavy atom. The van der Waals surface area contributed by atoms with Crippen molar-refractivity contribution in [1.82, 2.24) is 0 Å². The third kappa shape index (κ3) is 5.44. The van der Waals surface area contributed by atoms with Crippen molar-refractivity contribution in [2.75, 3.05) is 4.90 Å². The van der Waals surface area contributed by atoms with Crippen LogP contribution in [0.15, 0.2) is 205 Å². The zero-order chi connectivity index (χ0) is 44.8. The second-order valence-corrected chi connectivity index (χ2v) is 20.7. The molecule has 0 saturated heterocycles. The zero-order valence-corrected chi connectivity index (χ0v) is 38.6. The van der Waals surface area contributed by atoms with Crippen molar-refractivity contribution in [3.05, 3.63) is 222 Å². The highest BCUT2D eigenvalue weighted by Gasteiger charge is 2.37. The van der Waals surface area contributed by atoms with Crippen LogP contribution in [0.5, 0.6) is 0 Å². The van der Waals surface area contributed by atoms with Crippen molar-refractivity contribution in [2.45, 2.75) is 38.5 Å². The number of furan rings is 1. The van der Waals surface area contributed by atoms with E-state index in [0.29, 0.717) is 0 Å². The highest BCUT2D eigenvalue weighted by Crippen LogP contribution is 2.54. The Balaban J connectivity index is 0.985.